The zero-order valence-corrected chi connectivity index (χ0v) is 12.3. The van der Waals surface area contributed by atoms with Crippen LogP contribution in [-0.4, -0.2) is 37.4 Å². The Morgan fingerprint density at radius 1 is 1.24 bits per heavy atom. The van der Waals surface area contributed by atoms with Gasteiger partial charge in [0.15, 0.2) is 0 Å². The number of halogens is 1. The van der Waals surface area contributed by atoms with E-state index in [0.29, 0.717) is 30.6 Å². The van der Waals surface area contributed by atoms with Crippen LogP contribution in [0.2, 0.25) is 0 Å². The molecule has 1 rings (SSSR count). The van der Waals surface area contributed by atoms with Gasteiger partial charge in [-0.2, -0.15) is 0 Å². The minimum absolute atomic E-state index is 0.336. The smallest absolute Gasteiger partial charge is 0.212 e. The summed E-state index contributed by atoms with van der Waals surface area (Å²) in [7, 11) is -3.07. The van der Waals surface area contributed by atoms with Gasteiger partial charge in [0.25, 0.3) is 0 Å². The van der Waals surface area contributed by atoms with E-state index < -0.39 is 10.0 Å². The second-order valence-corrected chi connectivity index (χ2v) is 7.21. The number of hydrogen-bond donors (Lipinski definition) is 0. The van der Waals surface area contributed by atoms with Crippen molar-refractivity contribution in [3.63, 3.8) is 0 Å². The van der Waals surface area contributed by atoms with Gasteiger partial charge in [-0.25, -0.2) is 12.7 Å². The van der Waals surface area contributed by atoms with Crippen LogP contribution in [0.25, 0.3) is 0 Å². The van der Waals surface area contributed by atoms with E-state index in [-0.39, 0.29) is 0 Å². The summed E-state index contributed by atoms with van der Waals surface area (Å²) < 4.78 is 26.0. The second kappa shape index (κ2) is 7.59. The number of alkyl halides is 1. The molecule has 0 heterocycles. The molecule has 0 amide bonds. The molecule has 1 fully saturated rings. The lowest BCUT2D eigenvalue weighted by molar-refractivity contribution is 0.369. The highest BCUT2D eigenvalue weighted by atomic mass is 35.5. The Labute approximate surface area is 111 Å². The highest BCUT2D eigenvalue weighted by Gasteiger charge is 2.25. The van der Waals surface area contributed by atoms with Crippen molar-refractivity contribution in [2.75, 3.05) is 24.7 Å². The maximum Gasteiger partial charge on any atom is 0.214 e. The molecule has 0 aromatic rings. The average Bonchev–Trinajstić information content (AvgIpc) is 2.30. The normalized spacial score (nSPS) is 18.8. The summed E-state index contributed by atoms with van der Waals surface area (Å²) >= 11 is 5.62. The van der Waals surface area contributed by atoms with E-state index in [2.05, 4.69) is 0 Å². The Hall–Kier alpha value is 0.200. The maximum absolute atomic E-state index is 12.2. The molecular weight excluding hydrogens is 258 g/mol. The second-order valence-electron chi connectivity index (χ2n) is 4.82. The van der Waals surface area contributed by atoms with E-state index in [1.807, 2.05) is 6.92 Å². The average molecular weight is 282 g/mol. The predicted octanol–water partition coefficient (Wildman–Crippen LogP) is 2.85. The van der Waals surface area contributed by atoms with Crippen LogP contribution in [0.1, 0.15) is 45.4 Å². The first kappa shape index (κ1) is 15.3. The summed E-state index contributed by atoms with van der Waals surface area (Å²) in [5.41, 5.74) is 0. The van der Waals surface area contributed by atoms with Crippen LogP contribution in [0.15, 0.2) is 0 Å². The first-order chi connectivity index (χ1) is 8.10. The molecule has 0 atom stereocenters. The van der Waals surface area contributed by atoms with Crippen molar-refractivity contribution < 1.29 is 8.42 Å². The quantitative estimate of drug-likeness (QED) is 0.673. The summed E-state index contributed by atoms with van der Waals surface area (Å²) in [4.78, 5) is 0. The van der Waals surface area contributed by atoms with Crippen molar-refractivity contribution in [3.05, 3.63) is 0 Å². The Bertz CT molecular complexity index is 300. The van der Waals surface area contributed by atoms with E-state index in [1.54, 1.807) is 4.31 Å². The van der Waals surface area contributed by atoms with Crippen molar-refractivity contribution in [3.8, 4) is 0 Å². The van der Waals surface area contributed by atoms with E-state index in [4.69, 9.17) is 11.6 Å². The van der Waals surface area contributed by atoms with Crippen molar-refractivity contribution in [2.24, 2.45) is 5.92 Å². The summed E-state index contributed by atoms with van der Waals surface area (Å²) in [5, 5.41) is 0. The molecule has 102 valence electrons. The van der Waals surface area contributed by atoms with Crippen LogP contribution in [0.4, 0.5) is 0 Å². The van der Waals surface area contributed by atoms with Gasteiger partial charge in [0.05, 0.1) is 5.75 Å². The molecule has 0 spiro atoms. The fraction of sp³-hybridized carbons (Fsp3) is 1.00. The Kier molecular flexibility index (Phi) is 6.82. The Balaban J connectivity index is 2.51. The SMILES string of the molecule is CCN(CCCCl)S(=O)(=O)CC1CCCCC1. The molecular formula is C12H24ClNO2S. The standard InChI is InChI=1S/C12H24ClNO2S/c1-2-14(10-6-9-13)17(15,16)11-12-7-4-3-5-8-12/h12H,2-11H2,1H3. The van der Waals surface area contributed by atoms with Gasteiger partial charge < -0.3 is 0 Å². The maximum atomic E-state index is 12.2. The topological polar surface area (TPSA) is 37.4 Å². The van der Waals surface area contributed by atoms with Gasteiger partial charge in [0.1, 0.15) is 0 Å². The first-order valence-electron chi connectivity index (χ1n) is 6.64. The van der Waals surface area contributed by atoms with Crippen LogP contribution in [0.3, 0.4) is 0 Å². The fourth-order valence-electron chi connectivity index (χ4n) is 2.49. The first-order valence-corrected chi connectivity index (χ1v) is 8.78. The molecule has 1 aliphatic carbocycles. The van der Waals surface area contributed by atoms with Crippen molar-refractivity contribution in [1.29, 1.82) is 0 Å². The molecule has 0 saturated heterocycles. The molecule has 3 nitrogen and oxygen atoms in total. The van der Waals surface area contributed by atoms with E-state index in [9.17, 15) is 8.42 Å². The number of rotatable bonds is 7. The number of sulfonamides is 1. The van der Waals surface area contributed by atoms with Crippen LogP contribution < -0.4 is 0 Å². The minimum atomic E-state index is -3.07. The van der Waals surface area contributed by atoms with Gasteiger partial charge in [-0.15, -0.1) is 11.6 Å². The molecule has 0 N–H and O–H groups in total. The van der Waals surface area contributed by atoms with Gasteiger partial charge in [0.2, 0.25) is 10.0 Å². The molecule has 1 aliphatic rings. The van der Waals surface area contributed by atoms with Crippen molar-refractivity contribution >= 4 is 21.6 Å². The van der Waals surface area contributed by atoms with E-state index in [0.717, 1.165) is 19.3 Å². The van der Waals surface area contributed by atoms with E-state index >= 15 is 0 Å². The molecule has 0 aromatic carbocycles. The molecule has 5 heteroatoms. The molecule has 0 unspecified atom stereocenters. The summed E-state index contributed by atoms with van der Waals surface area (Å²) in [6.07, 6.45) is 6.53. The predicted molar refractivity (Wildman–Crippen MR) is 72.9 cm³/mol. The van der Waals surface area contributed by atoms with Gasteiger partial charge >= 0.3 is 0 Å². The van der Waals surface area contributed by atoms with Gasteiger partial charge in [0, 0.05) is 19.0 Å². The lowest BCUT2D eigenvalue weighted by atomic mass is 9.91. The van der Waals surface area contributed by atoms with Crippen LogP contribution in [-0.2, 0) is 10.0 Å². The highest BCUT2D eigenvalue weighted by molar-refractivity contribution is 7.89. The van der Waals surface area contributed by atoms with Crippen molar-refractivity contribution in [2.45, 2.75) is 45.4 Å². The molecule has 0 aromatic heterocycles. The lowest BCUT2D eigenvalue weighted by Gasteiger charge is -2.26. The van der Waals surface area contributed by atoms with Gasteiger partial charge in [-0.05, 0) is 25.2 Å². The zero-order valence-electron chi connectivity index (χ0n) is 10.7. The van der Waals surface area contributed by atoms with Crippen LogP contribution >= 0.6 is 11.6 Å². The minimum Gasteiger partial charge on any atom is -0.212 e. The molecule has 0 aliphatic heterocycles. The van der Waals surface area contributed by atoms with Gasteiger partial charge in [-0.3, -0.25) is 0 Å². The molecule has 1 saturated carbocycles. The Morgan fingerprint density at radius 2 is 1.88 bits per heavy atom. The highest BCUT2D eigenvalue weighted by Crippen LogP contribution is 2.25. The monoisotopic (exact) mass is 281 g/mol. The third-order valence-corrected chi connectivity index (χ3v) is 5.85. The number of nitrogens with zero attached hydrogens (tertiary/aromatic N) is 1. The summed E-state index contributed by atoms with van der Waals surface area (Å²) in [6, 6.07) is 0. The Morgan fingerprint density at radius 3 is 2.41 bits per heavy atom. The van der Waals surface area contributed by atoms with Crippen molar-refractivity contribution in [1.82, 2.24) is 4.31 Å². The third kappa shape index (κ3) is 5.14. The largest absolute Gasteiger partial charge is 0.214 e. The molecule has 17 heavy (non-hydrogen) atoms. The molecule has 0 radical (unpaired) electrons. The number of hydrogen-bond acceptors (Lipinski definition) is 2. The van der Waals surface area contributed by atoms with Crippen LogP contribution in [0, 0.1) is 5.92 Å². The summed E-state index contributed by atoms with van der Waals surface area (Å²) in [5.74, 6) is 1.23. The lowest BCUT2D eigenvalue weighted by Crippen LogP contribution is -2.36. The molecule has 0 bridgehead atoms. The zero-order chi connectivity index (χ0) is 12.7. The van der Waals surface area contributed by atoms with E-state index in [1.165, 1.54) is 19.3 Å². The third-order valence-electron chi connectivity index (χ3n) is 3.46. The van der Waals surface area contributed by atoms with Crippen LogP contribution in [0.5, 0.6) is 0 Å². The fourth-order valence-corrected chi connectivity index (χ4v) is 4.55. The van der Waals surface area contributed by atoms with Gasteiger partial charge in [-0.1, -0.05) is 26.2 Å². The summed E-state index contributed by atoms with van der Waals surface area (Å²) in [6.45, 7) is 3.02.